The highest BCUT2D eigenvalue weighted by Gasteiger charge is 2.18. The Hall–Kier alpha value is -0.120. The maximum absolute atomic E-state index is 9.26. The van der Waals surface area contributed by atoms with Crippen molar-refractivity contribution in [2.24, 2.45) is 0 Å². The van der Waals surface area contributed by atoms with Crippen LogP contribution in [-0.2, 0) is 4.74 Å². The van der Waals surface area contributed by atoms with Gasteiger partial charge < -0.3 is 9.84 Å². The van der Waals surface area contributed by atoms with E-state index in [4.69, 9.17) is 4.74 Å². The van der Waals surface area contributed by atoms with Gasteiger partial charge in [0.25, 0.3) is 0 Å². The SMILES string of the molecule is CCCCOCCN1CCC(O)C1. The molecule has 0 aliphatic carbocycles. The number of likely N-dealkylation sites (tertiary alicyclic amines) is 1. The predicted octanol–water partition coefficient (Wildman–Crippen LogP) is 0.870. The first-order valence-corrected chi connectivity index (χ1v) is 5.31. The molecule has 1 aliphatic heterocycles. The van der Waals surface area contributed by atoms with E-state index >= 15 is 0 Å². The Kier molecular flexibility index (Phi) is 5.35. The summed E-state index contributed by atoms with van der Waals surface area (Å²) in [6.45, 7) is 6.69. The van der Waals surface area contributed by atoms with Gasteiger partial charge in [-0.3, -0.25) is 4.90 Å². The summed E-state index contributed by atoms with van der Waals surface area (Å²) in [4.78, 5) is 2.26. The predicted molar refractivity (Wildman–Crippen MR) is 52.8 cm³/mol. The van der Waals surface area contributed by atoms with Crippen LogP contribution in [0.1, 0.15) is 26.2 Å². The molecule has 1 unspecified atom stereocenters. The number of unbranched alkanes of at least 4 members (excludes halogenated alkanes) is 1. The van der Waals surface area contributed by atoms with Crippen LogP contribution in [0.4, 0.5) is 0 Å². The molecule has 0 aromatic heterocycles. The van der Waals surface area contributed by atoms with Gasteiger partial charge in [0.2, 0.25) is 0 Å². The highest BCUT2D eigenvalue weighted by molar-refractivity contribution is 4.73. The van der Waals surface area contributed by atoms with Crippen molar-refractivity contribution >= 4 is 0 Å². The third-order valence-corrected chi connectivity index (χ3v) is 2.44. The highest BCUT2D eigenvalue weighted by Crippen LogP contribution is 2.07. The van der Waals surface area contributed by atoms with Crippen molar-refractivity contribution < 1.29 is 9.84 Å². The number of hydrogen-bond acceptors (Lipinski definition) is 3. The molecule has 1 rings (SSSR count). The van der Waals surface area contributed by atoms with E-state index in [0.29, 0.717) is 0 Å². The number of hydrogen-bond donors (Lipinski definition) is 1. The van der Waals surface area contributed by atoms with Gasteiger partial charge in [0.15, 0.2) is 0 Å². The van der Waals surface area contributed by atoms with E-state index in [1.165, 1.54) is 6.42 Å². The van der Waals surface area contributed by atoms with Crippen LogP contribution in [0.15, 0.2) is 0 Å². The molecule has 3 nitrogen and oxygen atoms in total. The van der Waals surface area contributed by atoms with Crippen LogP contribution < -0.4 is 0 Å². The molecule has 1 saturated heterocycles. The normalized spacial score (nSPS) is 24.0. The maximum Gasteiger partial charge on any atom is 0.0679 e. The first-order valence-electron chi connectivity index (χ1n) is 5.31. The largest absolute Gasteiger partial charge is 0.392 e. The minimum Gasteiger partial charge on any atom is -0.392 e. The number of rotatable bonds is 6. The lowest BCUT2D eigenvalue weighted by molar-refractivity contribution is 0.102. The molecule has 0 aromatic carbocycles. The quantitative estimate of drug-likeness (QED) is 0.626. The zero-order chi connectivity index (χ0) is 9.52. The number of ether oxygens (including phenoxy) is 1. The molecule has 0 saturated carbocycles. The first kappa shape index (κ1) is 11.0. The number of nitrogens with zero attached hydrogens (tertiary/aromatic N) is 1. The Bertz CT molecular complexity index is 130. The van der Waals surface area contributed by atoms with Gasteiger partial charge in [-0.2, -0.15) is 0 Å². The van der Waals surface area contributed by atoms with Crippen LogP contribution in [0.25, 0.3) is 0 Å². The topological polar surface area (TPSA) is 32.7 Å². The fraction of sp³-hybridized carbons (Fsp3) is 1.00. The van der Waals surface area contributed by atoms with E-state index in [2.05, 4.69) is 11.8 Å². The van der Waals surface area contributed by atoms with Crippen LogP contribution in [0.3, 0.4) is 0 Å². The third kappa shape index (κ3) is 4.60. The average molecular weight is 187 g/mol. The van der Waals surface area contributed by atoms with Crippen LogP contribution in [-0.4, -0.2) is 49.0 Å². The van der Waals surface area contributed by atoms with Crippen molar-refractivity contribution in [2.45, 2.75) is 32.3 Å². The van der Waals surface area contributed by atoms with Crippen molar-refractivity contribution in [2.75, 3.05) is 32.8 Å². The summed E-state index contributed by atoms with van der Waals surface area (Å²) >= 11 is 0. The monoisotopic (exact) mass is 187 g/mol. The summed E-state index contributed by atoms with van der Waals surface area (Å²) in [6, 6.07) is 0. The van der Waals surface area contributed by atoms with Crippen molar-refractivity contribution in [1.29, 1.82) is 0 Å². The smallest absolute Gasteiger partial charge is 0.0679 e. The van der Waals surface area contributed by atoms with Gasteiger partial charge >= 0.3 is 0 Å². The van der Waals surface area contributed by atoms with Crippen molar-refractivity contribution in [3.8, 4) is 0 Å². The summed E-state index contributed by atoms with van der Waals surface area (Å²) in [5.74, 6) is 0. The van der Waals surface area contributed by atoms with Gasteiger partial charge in [0, 0.05) is 26.2 Å². The minimum absolute atomic E-state index is 0.101. The van der Waals surface area contributed by atoms with Gasteiger partial charge in [-0.15, -0.1) is 0 Å². The van der Waals surface area contributed by atoms with E-state index in [0.717, 1.165) is 45.7 Å². The molecule has 78 valence electrons. The van der Waals surface area contributed by atoms with Crippen LogP contribution in [0, 0.1) is 0 Å². The fourth-order valence-corrected chi connectivity index (χ4v) is 1.56. The molecule has 3 heteroatoms. The van der Waals surface area contributed by atoms with E-state index in [1.54, 1.807) is 0 Å². The second-order valence-corrected chi connectivity index (χ2v) is 3.71. The lowest BCUT2D eigenvalue weighted by atomic mass is 10.3. The molecular formula is C10H21NO2. The molecule has 0 bridgehead atoms. The molecule has 0 radical (unpaired) electrons. The van der Waals surface area contributed by atoms with Crippen molar-refractivity contribution in [3.05, 3.63) is 0 Å². The molecule has 1 N–H and O–H groups in total. The van der Waals surface area contributed by atoms with Gasteiger partial charge in [0.05, 0.1) is 12.7 Å². The summed E-state index contributed by atoms with van der Waals surface area (Å²) in [5.41, 5.74) is 0. The van der Waals surface area contributed by atoms with Gasteiger partial charge in [0.1, 0.15) is 0 Å². The number of aliphatic hydroxyl groups excluding tert-OH is 1. The second kappa shape index (κ2) is 6.35. The summed E-state index contributed by atoms with van der Waals surface area (Å²) in [6.07, 6.45) is 3.18. The third-order valence-electron chi connectivity index (χ3n) is 2.44. The number of aliphatic hydroxyl groups is 1. The standard InChI is InChI=1S/C10H21NO2/c1-2-3-7-13-8-6-11-5-4-10(12)9-11/h10,12H,2-9H2,1H3. The van der Waals surface area contributed by atoms with Gasteiger partial charge in [-0.1, -0.05) is 13.3 Å². The molecule has 1 aliphatic rings. The van der Waals surface area contributed by atoms with E-state index < -0.39 is 0 Å². The Morgan fingerprint density at radius 3 is 2.92 bits per heavy atom. The molecule has 0 amide bonds. The Morgan fingerprint density at radius 1 is 1.46 bits per heavy atom. The van der Waals surface area contributed by atoms with Crippen molar-refractivity contribution in [3.63, 3.8) is 0 Å². The zero-order valence-electron chi connectivity index (χ0n) is 8.54. The first-order chi connectivity index (χ1) is 6.33. The van der Waals surface area contributed by atoms with Crippen LogP contribution in [0.2, 0.25) is 0 Å². The van der Waals surface area contributed by atoms with Crippen LogP contribution in [0.5, 0.6) is 0 Å². The lowest BCUT2D eigenvalue weighted by Crippen LogP contribution is -2.26. The van der Waals surface area contributed by atoms with Crippen LogP contribution >= 0.6 is 0 Å². The van der Waals surface area contributed by atoms with E-state index in [1.807, 2.05) is 0 Å². The fourth-order valence-electron chi connectivity index (χ4n) is 1.56. The van der Waals surface area contributed by atoms with Crippen molar-refractivity contribution in [1.82, 2.24) is 4.90 Å². The van der Waals surface area contributed by atoms with Gasteiger partial charge in [-0.05, 0) is 12.8 Å². The summed E-state index contributed by atoms with van der Waals surface area (Å²) < 4.78 is 5.45. The molecule has 0 spiro atoms. The average Bonchev–Trinajstić information content (AvgIpc) is 2.51. The second-order valence-electron chi connectivity index (χ2n) is 3.71. The van der Waals surface area contributed by atoms with E-state index in [-0.39, 0.29) is 6.10 Å². The molecule has 1 heterocycles. The lowest BCUT2D eigenvalue weighted by Gasteiger charge is -2.14. The summed E-state index contributed by atoms with van der Waals surface area (Å²) in [7, 11) is 0. The van der Waals surface area contributed by atoms with Gasteiger partial charge in [-0.25, -0.2) is 0 Å². The minimum atomic E-state index is -0.101. The maximum atomic E-state index is 9.26. The van der Waals surface area contributed by atoms with E-state index in [9.17, 15) is 5.11 Å². The molecular weight excluding hydrogens is 166 g/mol. The number of β-amino-alcohol motifs (C(OH)–C–C–N with tert-alkyl or cyclic N) is 1. The Labute approximate surface area is 80.7 Å². The Balaban J connectivity index is 1.88. The Morgan fingerprint density at radius 2 is 2.31 bits per heavy atom. The zero-order valence-corrected chi connectivity index (χ0v) is 8.54. The molecule has 1 fully saturated rings. The molecule has 0 aromatic rings. The summed E-state index contributed by atoms with van der Waals surface area (Å²) in [5, 5.41) is 9.26. The molecule has 13 heavy (non-hydrogen) atoms. The highest BCUT2D eigenvalue weighted by atomic mass is 16.5. The molecule has 1 atom stereocenters.